The highest BCUT2D eigenvalue weighted by molar-refractivity contribution is 6.33. The van der Waals surface area contributed by atoms with Crippen LogP contribution in [0.1, 0.15) is 22.6 Å². The molecule has 1 aliphatic rings. The Hall–Kier alpha value is -4.18. The van der Waals surface area contributed by atoms with Gasteiger partial charge in [0.05, 0.1) is 28.7 Å². The summed E-state index contributed by atoms with van der Waals surface area (Å²) in [5.41, 5.74) is 13.6. The molecule has 0 spiro atoms. The lowest BCUT2D eigenvalue weighted by Gasteiger charge is -2.14. The molecule has 4 heteroatoms. The second-order valence-corrected chi connectivity index (χ2v) is 7.34. The minimum Gasteiger partial charge on any atom is -0.278 e. The summed E-state index contributed by atoms with van der Waals surface area (Å²) < 4.78 is 0. The number of nitrogens with zero attached hydrogens (tertiary/aromatic N) is 2. The van der Waals surface area contributed by atoms with E-state index in [2.05, 4.69) is 47.2 Å². The Bertz CT molecular complexity index is 1140. The van der Waals surface area contributed by atoms with Gasteiger partial charge in [0, 0.05) is 11.1 Å². The van der Waals surface area contributed by atoms with E-state index in [0.29, 0.717) is 0 Å². The zero-order chi connectivity index (χ0) is 20.9. The van der Waals surface area contributed by atoms with E-state index in [4.69, 9.17) is 10.2 Å². The number of fused-ring (bicyclic) bond motifs is 1. The number of hydrogen-bond acceptors (Lipinski definition) is 4. The van der Waals surface area contributed by atoms with E-state index in [9.17, 15) is 0 Å². The summed E-state index contributed by atoms with van der Waals surface area (Å²) in [5.74, 6) is -0.0778. The highest BCUT2D eigenvalue weighted by Crippen LogP contribution is 2.35. The molecular weight excluding hydrogens is 380 g/mol. The molecule has 5 rings (SSSR count). The Labute approximate surface area is 182 Å². The fourth-order valence-corrected chi connectivity index (χ4v) is 3.86. The summed E-state index contributed by atoms with van der Waals surface area (Å²) in [6.45, 7) is 0. The first-order valence-corrected chi connectivity index (χ1v) is 10.3. The molecule has 0 aromatic heterocycles. The van der Waals surface area contributed by atoms with Gasteiger partial charge in [0.15, 0.2) is 0 Å². The van der Waals surface area contributed by atoms with Crippen LogP contribution in [0.15, 0.2) is 125 Å². The van der Waals surface area contributed by atoms with E-state index < -0.39 is 0 Å². The molecule has 2 N–H and O–H groups in total. The van der Waals surface area contributed by atoms with Crippen LogP contribution in [-0.2, 0) is 0 Å². The zero-order valence-corrected chi connectivity index (χ0v) is 16.9. The molecule has 0 bridgehead atoms. The molecule has 0 heterocycles. The molecule has 0 saturated carbocycles. The summed E-state index contributed by atoms with van der Waals surface area (Å²) >= 11 is 0. The fourth-order valence-electron chi connectivity index (χ4n) is 3.86. The zero-order valence-electron chi connectivity index (χ0n) is 16.9. The number of anilines is 2. The molecule has 4 aromatic carbocycles. The third-order valence-electron chi connectivity index (χ3n) is 5.32. The van der Waals surface area contributed by atoms with E-state index in [0.717, 1.165) is 39.5 Å². The van der Waals surface area contributed by atoms with Crippen molar-refractivity contribution in [2.75, 3.05) is 10.9 Å². The van der Waals surface area contributed by atoms with Crippen LogP contribution in [0.5, 0.6) is 0 Å². The molecule has 1 aliphatic carbocycles. The Kier molecular flexibility index (Phi) is 5.27. The molecule has 0 fully saturated rings. The molecule has 0 unspecified atom stereocenters. The van der Waals surface area contributed by atoms with Crippen molar-refractivity contribution in [3.05, 3.63) is 132 Å². The van der Waals surface area contributed by atoms with Crippen LogP contribution in [0.25, 0.3) is 0 Å². The van der Waals surface area contributed by atoms with Crippen LogP contribution in [0.2, 0.25) is 0 Å². The lowest BCUT2D eigenvalue weighted by atomic mass is 9.93. The average molecular weight is 403 g/mol. The first kappa shape index (κ1) is 18.8. The Balaban J connectivity index is 1.61. The number of hydrazone groups is 2. The molecule has 0 atom stereocenters. The monoisotopic (exact) mass is 402 g/mol. The molecule has 0 aliphatic heterocycles. The van der Waals surface area contributed by atoms with Crippen LogP contribution in [0.4, 0.5) is 11.4 Å². The number of benzene rings is 4. The van der Waals surface area contributed by atoms with Crippen molar-refractivity contribution in [2.45, 2.75) is 5.92 Å². The van der Waals surface area contributed by atoms with Gasteiger partial charge in [0.2, 0.25) is 0 Å². The predicted molar refractivity (Wildman–Crippen MR) is 129 cm³/mol. The molecule has 4 aromatic rings. The average Bonchev–Trinajstić information content (AvgIpc) is 3.16. The summed E-state index contributed by atoms with van der Waals surface area (Å²) in [6.07, 6.45) is 0. The summed E-state index contributed by atoms with van der Waals surface area (Å²) in [7, 11) is 0. The van der Waals surface area contributed by atoms with E-state index in [1.165, 1.54) is 0 Å². The van der Waals surface area contributed by atoms with Gasteiger partial charge in [-0.3, -0.25) is 10.9 Å². The maximum absolute atomic E-state index is 4.86. The summed E-state index contributed by atoms with van der Waals surface area (Å²) in [5, 5.41) is 9.71. The van der Waals surface area contributed by atoms with Gasteiger partial charge >= 0.3 is 0 Å². The van der Waals surface area contributed by atoms with Crippen molar-refractivity contribution in [3.8, 4) is 0 Å². The largest absolute Gasteiger partial charge is 0.278 e. The maximum atomic E-state index is 4.86. The van der Waals surface area contributed by atoms with Gasteiger partial charge in [-0.2, -0.15) is 10.2 Å². The second kappa shape index (κ2) is 8.67. The number of para-hydroxylation sites is 2. The molecule has 150 valence electrons. The van der Waals surface area contributed by atoms with Crippen LogP contribution in [0.3, 0.4) is 0 Å². The summed E-state index contributed by atoms with van der Waals surface area (Å²) in [6, 6.07) is 38.7. The molecule has 0 radical (unpaired) electrons. The Morgan fingerprint density at radius 1 is 0.452 bits per heavy atom. The van der Waals surface area contributed by atoms with Gasteiger partial charge in [0.25, 0.3) is 0 Å². The highest BCUT2D eigenvalue weighted by atomic mass is 15.3. The topological polar surface area (TPSA) is 48.8 Å². The smallest absolute Gasteiger partial charge is 0.0821 e. The molecule has 0 saturated heterocycles. The van der Waals surface area contributed by atoms with Crippen molar-refractivity contribution in [1.82, 2.24) is 0 Å². The van der Waals surface area contributed by atoms with Crippen LogP contribution in [0, 0.1) is 0 Å². The number of hydrogen-bond donors (Lipinski definition) is 2. The van der Waals surface area contributed by atoms with Gasteiger partial charge in [-0.05, 0) is 29.8 Å². The van der Waals surface area contributed by atoms with Crippen molar-refractivity contribution in [1.29, 1.82) is 0 Å². The molecule has 4 nitrogen and oxygen atoms in total. The predicted octanol–water partition coefficient (Wildman–Crippen LogP) is 6.12. The second-order valence-electron chi connectivity index (χ2n) is 7.34. The minimum absolute atomic E-state index is 0.0778. The SMILES string of the molecule is c1ccc(N/N=C2\c3ccccc3/C(=N\Nc3ccccc3)C2c2ccccc2)cc1. The maximum Gasteiger partial charge on any atom is 0.0821 e. The van der Waals surface area contributed by atoms with Crippen molar-refractivity contribution in [2.24, 2.45) is 10.2 Å². The normalized spacial score (nSPS) is 15.7. The van der Waals surface area contributed by atoms with E-state index in [1.807, 2.05) is 78.9 Å². The van der Waals surface area contributed by atoms with Crippen molar-refractivity contribution >= 4 is 22.8 Å². The lowest BCUT2D eigenvalue weighted by Crippen LogP contribution is -2.17. The van der Waals surface area contributed by atoms with Gasteiger partial charge in [-0.1, -0.05) is 91.0 Å². The van der Waals surface area contributed by atoms with E-state index in [1.54, 1.807) is 0 Å². The quantitative estimate of drug-likeness (QED) is 0.395. The minimum atomic E-state index is -0.0778. The van der Waals surface area contributed by atoms with Gasteiger partial charge in [-0.25, -0.2) is 0 Å². The lowest BCUT2D eigenvalue weighted by molar-refractivity contribution is 1.17. The molecular formula is C27H22N4. The van der Waals surface area contributed by atoms with Crippen molar-refractivity contribution in [3.63, 3.8) is 0 Å². The fraction of sp³-hybridized carbons (Fsp3) is 0.0370. The van der Waals surface area contributed by atoms with Crippen LogP contribution in [-0.4, -0.2) is 11.4 Å². The van der Waals surface area contributed by atoms with Crippen LogP contribution < -0.4 is 10.9 Å². The number of nitrogens with one attached hydrogen (secondary N) is 2. The highest BCUT2D eigenvalue weighted by Gasteiger charge is 2.36. The summed E-state index contributed by atoms with van der Waals surface area (Å²) in [4.78, 5) is 0. The molecule has 0 amide bonds. The Morgan fingerprint density at radius 3 is 1.29 bits per heavy atom. The standard InChI is InChI=1S/C27H22N4/c1-4-12-20(13-5-1)25-26(30-28-21-14-6-2-7-15-21)23-18-10-11-19-24(23)27(25)31-29-22-16-8-3-9-17-22/h1-19,25,28-29H/b30-26+,31-27+. The van der Waals surface area contributed by atoms with Gasteiger partial charge in [-0.15, -0.1) is 0 Å². The first-order valence-electron chi connectivity index (χ1n) is 10.3. The first-order chi connectivity index (χ1) is 15.4. The van der Waals surface area contributed by atoms with E-state index >= 15 is 0 Å². The van der Waals surface area contributed by atoms with Gasteiger partial charge in [0.1, 0.15) is 0 Å². The molecule has 31 heavy (non-hydrogen) atoms. The van der Waals surface area contributed by atoms with E-state index in [-0.39, 0.29) is 5.92 Å². The van der Waals surface area contributed by atoms with Crippen LogP contribution >= 0.6 is 0 Å². The Morgan fingerprint density at radius 2 is 0.839 bits per heavy atom. The third kappa shape index (κ3) is 3.96. The van der Waals surface area contributed by atoms with Gasteiger partial charge < -0.3 is 0 Å². The number of rotatable bonds is 5. The van der Waals surface area contributed by atoms with Crippen molar-refractivity contribution < 1.29 is 0 Å². The third-order valence-corrected chi connectivity index (χ3v) is 5.32.